The van der Waals surface area contributed by atoms with E-state index in [-0.39, 0.29) is 11.9 Å². The van der Waals surface area contributed by atoms with Crippen molar-refractivity contribution in [1.29, 1.82) is 0 Å². The molecule has 0 aromatic heterocycles. The molecule has 1 rings (SSSR count). The standard InChI is InChI=1S/C13H24N2O4/c1-10(12(16)17)3-2-6-14-13(18)15-7-4-11-5-8-19-9-11/h10-11H,2-9H2,1H3,(H,16,17)(H2,14,15,18). The van der Waals surface area contributed by atoms with Crippen LogP contribution in [0.1, 0.15) is 32.6 Å². The van der Waals surface area contributed by atoms with Crippen LogP contribution in [0.3, 0.4) is 0 Å². The van der Waals surface area contributed by atoms with Crippen LogP contribution in [0, 0.1) is 11.8 Å². The van der Waals surface area contributed by atoms with Gasteiger partial charge in [0.05, 0.1) is 5.92 Å². The molecule has 0 aromatic rings. The summed E-state index contributed by atoms with van der Waals surface area (Å²) in [6, 6.07) is -0.179. The van der Waals surface area contributed by atoms with E-state index in [4.69, 9.17) is 9.84 Å². The van der Waals surface area contributed by atoms with E-state index in [1.165, 1.54) is 0 Å². The molecule has 6 nitrogen and oxygen atoms in total. The summed E-state index contributed by atoms with van der Waals surface area (Å²) in [6.45, 7) is 4.47. The normalized spacial score (nSPS) is 19.9. The highest BCUT2D eigenvalue weighted by molar-refractivity contribution is 5.73. The number of carboxylic acids is 1. The number of carbonyl (C=O) groups excluding carboxylic acids is 1. The van der Waals surface area contributed by atoms with E-state index in [0.717, 1.165) is 26.1 Å². The highest BCUT2D eigenvalue weighted by Gasteiger charge is 2.15. The Hall–Kier alpha value is -1.30. The molecule has 0 radical (unpaired) electrons. The van der Waals surface area contributed by atoms with Gasteiger partial charge in [-0.2, -0.15) is 0 Å². The molecule has 0 bridgehead atoms. The summed E-state index contributed by atoms with van der Waals surface area (Å²) in [7, 11) is 0. The summed E-state index contributed by atoms with van der Waals surface area (Å²) >= 11 is 0. The molecule has 2 amide bonds. The third-order valence-corrected chi connectivity index (χ3v) is 3.38. The first-order valence-corrected chi connectivity index (χ1v) is 6.92. The Morgan fingerprint density at radius 1 is 1.37 bits per heavy atom. The molecular weight excluding hydrogens is 248 g/mol. The molecule has 110 valence electrons. The Kier molecular flexibility index (Phi) is 7.25. The first kappa shape index (κ1) is 15.8. The van der Waals surface area contributed by atoms with Crippen LogP contribution in [-0.4, -0.2) is 43.4 Å². The van der Waals surface area contributed by atoms with Gasteiger partial charge in [0.1, 0.15) is 0 Å². The van der Waals surface area contributed by atoms with Gasteiger partial charge in [-0.1, -0.05) is 6.92 Å². The van der Waals surface area contributed by atoms with Gasteiger partial charge in [0.15, 0.2) is 0 Å². The smallest absolute Gasteiger partial charge is 0.314 e. The second-order valence-corrected chi connectivity index (χ2v) is 5.08. The number of aliphatic carboxylic acids is 1. The first-order valence-electron chi connectivity index (χ1n) is 6.92. The molecule has 0 aromatic carbocycles. The minimum Gasteiger partial charge on any atom is -0.481 e. The van der Waals surface area contributed by atoms with Gasteiger partial charge in [-0.25, -0.2) is 4.79 Å². The molecule has 6 heteroatoms. The van der Waals surface area contributed by atoms with Crippen LogP contribution in [-0.2, 0) is 9.53 Å². The van der Waals surface area contributed by atoms with E-state index in [1.807, 2.05) is 0 Å². The van der Waals surface area contributed by atoms with E-state index in [2.05, 4.69) is 10.6 Å². The number of hydrogen-bond donors (Lipinski definition) is 3. The number of hydrogen-bond acceptors (Lipinski definition) is 3. The third-order valence-electron chi connectivity index (χ3n) is 3.38. The number of carbonyl (C=O) groups is 2. The van der Waals surface area contributed by atoms with Crippen LogP contribution in [0.25, 0.3) is 0 Å². The molecule has 2 unspecified atom stereocenters. The summed E-state index contributed by atoms with van der Waals surface area (Å²) < 4.78 is 5.26. The van der Waals surface area contributed by atoms with Crippen molar-refractivity contribution in [2.24, 2.45) is 11.8 Å². The van der Waals surface area contributed by atoms with Crippen LogP contribution < -0.4 is 10.6 Å². The van der Waals surface area contributed by atoms with Crippen molar-refractivity contribution in [3.8, 4) is 0 Å². The predicted octanol–water partition coefficient (Wildman–Crippen LogP) is 1.21. The lowest BCUT2D eigenvalue weighted by atomic mass is 10.1. The maximum Gasteiger partial charge on any atom is 0.314 e. The van der Waals surface area contributed by atoms with Crippen molar-refractivity contribution in [3.63, 3.8) is 0 Å². The summed E-state index contributed by atoms with van der Waals surface area (Å²) in [4.78, 5) is 22.0. The number of ether oxygens (including phenoxy) is 1. The number of carboxylic acid groups (broad SMARTS) is 1. The zero-order chi connectivity index (χ0) is 14.1. The highest BCUT2D eigenvalue weighted by atomic mass is 16.5. The minimum atomic E-state index is -0.789. The molecule has 0 spiro atoms. The second kappa shape index (κ2) is 8.74. The molecule has 1 aliphatic rings. The number of urea groups is 1. The van der Waals surface area contributed by atoms with Crippen molar-refractivity contribution >= 4 is 12.0 Å². The summed E-state index contributed by atoms with van der Waals surface area (Å²) in [5, 5.41) is 14.2. The van der Waals surface area contributed by atoms with Gasteiger partial charge in [-0.3, -0.25) is 4.79 Å². The van der Waals surface area contributed by atoms with Crippen molar-refractivity contribution < 1.29 is 19.4 Å². The topological polar surface area (TPSA) is 87.7 Å². The Balaban J connectivity index is 1.94. The molecule has 3 N–H and O–H groups in total. The van der Waals surface area contributed by atoms with Crippen molar-refractivity contribution in [2.75, 3.05) is 26.3 Å². The molecular formula is C13H24N2O4. The third kappa shape index (κ3) is 7.00. The lowest BCUT2D eigenvalue weighted by Crippen LogP contribution is -2.37. The van der Waals surface area contributed by atoms with Crippen LogP contribution >= 0.6 is 0 Å². The maximum atomic E-state index is 11.4. The van der Waals surface area contributed by atoms with Gasteiger partial charge in [-0.15, -0.1) is 0 Å². The van der Waals surface area contributed by atoms with Gasteiger partial charge >= 0.3 is 12.0 Å². The van der Waals surface area contributed by atoms with Crippen LogP contribution in [0.15, 0.2) is 0 Å². The fourth-order valence-corrected chi connectivity index (χ4v) is 2.00. The number of amides is 2. The Morgan fingerprint density at radius 2 is 2.11 bits per heavy atom. The Bertz CT molecular complexity index is 290. The second-order valence-electron chi connectivity index (χ2n) is 5.08. The number of rotatable bonds is 8. The van der Waals surface area contributed by atoms with Crippen LogP contribution in [0.4, 0.5) is 4.79 Å². The molecule has 0 saturated carbocycles. The molecule has 1 fully saturated rings. The molecule has 1 aliphatic heterocycles. The summed E-state index contributed by atoms with van der Waals surface area (Å²) in [5.74, 6) is -0.577. The summed E-state index contributed by atoms with van der Waals surface area (Å²) in [6.07, 6.45) is 3.28. The lowest BCUT2D eigenvalue weighted by molar-refractivity contribution is -0.141. The Morgan fingerprint density at radius 3 is 2.74 bits per heavy atom. The fourth-order valence-electron chi connectivity index (χ4n) is 2.00. The highest BCUT2D eigenvalue weighted by Crippen LogP contribution is 2.14. The average molecular weight is 272 g/mol. The van der Waals surface area contributed by atoms with E-state index >= 15 is 0 Å². The average Bonchev–Trinajstić information content (AvgIpc) is 2.87. The molecule has 0 aliphatic carbocycles. The zero-order valence-electron chi connectivity index (χ0n) is 11.5. The van der Waals surface area contributed by atoms with Crippen LogP contribution in [0.2, 0.25) is 0 Å². The SMILES string of the molecule is CC(CCCNC(=O)NCCC1CCOC1)C(=O)O. The largest absolute Gasteiger partial charge is 0.481 e. The van der Waals surface area contributed by atoms with E-state index < -0.39 is 5.97 Å². The minimum absolute atomic E-state index is 0.179. The van der Waals surface area contributed by atoms with Crippen molar-refractivity contribution in [3.05, 3.63) is 0 Å². The zero-order valence-corrected chi connectivity index (χ0v) is 11.5. The molecule has 1 saturated heterocycles. The number of nitrogens with one attached hydrogen (secondary N) is 2. The molecule has 2 atom stereocenters. The van der Waals surface area contributed by atoms with E-state index in [1.54, 1.807) is 6.92 Å². The van der Waals surface area contributed by atoms with Gasteiger partial charge < -0.3 is 20.5 Å². The molecule has 1 heterocycles. The quantitative estimate of drug-likeness (QED) is 0.580. The van der Waals surface area contributed by atoms with Crippen LogP contribution in [0.5, 0.6) is 0 Å². The van der Waals surface area contributed by atoms with Gasteiger partial charge in [0.2, 0.25) is 0 Å². The van der Waals surface area contributed by atoms with Gasteiger partial charge in [0, 0.05) is 26.3 Å². The van der Waals surface area contributed by atoms with Gasteiger partial charge in [0.25, 0.3) is 0 Å². The first-order chi connectivity index (χ1) is 9.09. The predicted molar refractivity (Wildman–Crippen MR) is 71.0 cm³/mol. The fraction of sp³-hybridized carbons (Fsp3) is 0.846. The molecule has 19 heavy (non-hydrogen) atoms. The summed E-state index contributed by atoms with van der Waals surface area (Å²) in [5.41, 5.74) is 0. The van der Waals surface area contributed by atoms with Crippen molar-refractivity contribution in [2.45, 2.75) is 32.6 Å². The monoisotopic (exact) mass is 272 g/mol. The Labute approximate surface area is 113 Å². The van der Waals surface area contributed by atoms with Gasteiger partial charge in [-0.05, 0) is 31.6 Å². The maximum absolute atomic E-state index is 11.4. The van der Waals surface area contributed by atoms with E-state index in [9.17, 15) is 9.59 Å². The van der Waals surface area contributed by atoms with E-state index in [0.29, 0.717) is 31.8 Å². The van der Waals surface area contributed by atoms with Crippen molar-refractivity contribution in [1.82, 2.24) is 10.6 Å². The lowest BCUT2D eigenvalue weighted by Gasteiger charge is -2.10.